The van der Waals surface area contributed by atoms with Gasteiger partial charge in [-0.15, -0.1) is 0 Å². The molecule has 0 radical (unpaired) electrons. The SMILES string of the molecule is CCOc1cc(CCCNC(=O)c2coc(CN)c2)ccc1OC. The first-order valence-corrected chi connectivity index (χ1v) is 8.03. The van der Waals surface area contributed by atoms with Gasteiger partial charge in [-0.05, 0) is 43.5 Å². The molecule has 2 aromatic rings. The zero-order chi connectivity index (χ0) is 17.4. The number of furan rings is 1. The number of nitrogens with one attached hydrogen (secondary N) is 1. The number of aryl methyl sites for hydroxylation is 1. The Labute approximate surface area is 141 Å². The van der Waals surface area contributed by atoms with Crippen LogP contribution in [0.25, 0.3) is 0 Å². The summed E-state index contributed by atoms with van der Waals surface area (Å²) in [5, 5.41) is 2.87. The maximum Gasteiger partial charge on any atom is 0.254 e. The van der Waals surface area contributed by atoms with Crippen molar-refractivity contribution in [2.24, 2.45) is 5.73 Å². The van der Waals surface area contributed by atoms with Crippen LogP contribution in [-0.2, 0) is 13.0 Å². The predicted molar refractivity (Wildman–Crippen MR) is 91.4 cm³/mol. The number of hydrogen-bond donors (Lipinski definition) is 2. The van der Waals surface area contributed by atoms with E-state index in [1.165, 1.54) is 6.26 Å². The Bertz CT molecular complexity index is 667. The van der Waals surface area contributed by atoms with Crippen molar-refractivity contribution in [1.29, 1.82) is 0 Å². The maximum atomic E-state index is 12.0. The molecule has 1 aromatic heterocycles. The van der Waals surface area contributed by atoms with Crippen molar-refractivity contribution < 1.29 is 18.7 Å². The van der Waals surface area contributed by atoms with Crippen molar-refractivity contribution in [3.8, 4) is 11.5 Å². The van der Waals surface area contributed by atoms with Crippen LogP contribution in [0.1, 0.15) is 35.0 Å². The van der Waals surface area contributed by atoms with Crippen LogP contribution in [0.2, 0.25) is 0 Å². The predicted octanol–water partition coefficient (Wildman–Crippen LogP) is 2.51. The molecule has 130 valence electrons. The lowest BCUT2D eigenvalue weighted by Gasteiger charge is -2.11. The molecule has 0 spiro atoms. The smallest absolute Gasteiger partial charge is 0.254 e. The summed E-state index contributed by atoms with van der Waals surface area (Å²) in [4.78, 5) is 12.0. The van der Waals surface area contributed by atoms with Gasteiger partial charge in [-0.2, -0.15) is 0 Å². The number of carbonyl (C=O) groups excluding carboxylic acids is 1. The van der Waals surface area contributed by atoms with Crippen LogP contribution in [0.5, 0.6) is 11.5 Å². The lowest BCUT2D eigenvalue weighted by atomic mass is 10.1. The second kappa shape index (κ2) is 8.98. The number of nitrogens with two attached hydrogens (primary N) is 1. The molecule has 1 heterocycles. The Morgan fingerprint density at radius 3 is 2.79 bits per heavy atom. The minimum atomic E-state index is -0.150. The summed E-state index contributed by atoms with van der Waals surface area (Å²) in [6.45, 7) is 3.39. The summed E-state index contributed by atoms with van der Waals surface area (Å²) in [7, 11) is 1.62. The van der Waals surface area contributed by atoms with E-state index >= 15 is 0 Å². The van der Waals surface area contributed by atoms with Crippen molar-refractivity contribution in [3.63, 3.8) is 0 Å². The van der Waals surface area contributed by atoms with Crippen molar-refractivity contribution in [2.75, 3.05) is 20.3 Å². The van der Waals surface area contributed by atoms with Crippen LogP contribution in [0.4, 0.5) is 0 Å². The number of amides is 1. The topological polar surface area (TPSA) is 86.7 Å². The van der Waals surface area contributed by atoms with E-state index in [1.54, 1.807) is 13.2 Å². The van der Waals surface area contributed by atoms with Gasteiger partial charge in [0.05, 0.1) is 25.8 Å². The molecule has 0 aliphatic heterocycles. The molecule has 0 aliphatic carbocycles. The highest BCUT2D eigenvalue weighted by Gasteiger charge is 2.09. The molecule has 2 rings (SSSR count). The van der Waals surface area contributed by atoms with Gasteiger partial charge in [0.25, 0.3) is 5.91 Å². The first-order valence-electron chi connectivity index (χ1n) is 8.03. The standard InChI is InChI=1S/C18H24N2O4/c1-3-23-17-9-13(6-7-16(17)22-2)5-4-8-20-18(21)14-10-15(11-19)24-12-14/h6-7,9-10,12H,3-5,8,11,19H2,1-2H3,(H,20,21). The van der Waals surface area contributed by atoms with Crippen molar-refractivity contribution >= 4 is 5.91 Å². The fraction of sp³-hybridized carbons (Fsp3) is 0.389. The zero-order valence-electron chi connectivity index (χ0n) is 14.1. The second-order valence-corrected chi connectivity index (χ2v) is 5.28. The Hall–Kier alpha value is -2.47. The normalized spacial score (nSPS) is 10.5. The summed E-state index contributed by atoms with van der Waals surface area (Å²) < 4.78 is 16.0. The lowest BCUT2D eigenvalue weighted by Crippen LogP contribution is -2.24. The van der Waals surface area contributed by atoms with Crippen LogP contribution in [0.15, 0.2) is 34.9 Å². The molecule has 0 unspecified atom stereocenters. The van der Waals surface area contributed by atoms with Gasteiger partial charge in [-0.1, -0.05) is 6.07 Å². The van der Waals surface area contributed by atoms with Gasteiger partial charge in [0.1, 0.15) is 12.0 Å². The molecule has 0 saturated carbocycles. The number of methoxy groups -OCH3 is 1. The van der Waals surface area contributed by atoms with Gasteiger partial charge < -0.3 is 24.9 Å². The first-order chi connectivity index (χ1) is 11.7. The monoisotopic (exact) mass is 332 g/mol. The van der Waals surface area contributed by atoms with Crippen molar-refractivity contribution in [2.45, 2.75) is 26.3 Å². The number of benzene rings is 1. The van der Waals surface area contributed by atoms with Crippen molar-refractivity contribution in [3.05, 3.63) is 47.4 Å². The molecule has 0 fully saturated rings. The molecule has 0 saturated heterocycles. The molecule has 1 amide bonds. The molecule has 0 atom stereocenters. The summed E-state index contributed by atoms with van der Waals surface area (Å²) in [5.74, 6) is 1.92. The maximum absolute atomic E-state index is 12.0. The van der Waals surface area contributed by atoms with Gasteiger partial charge in [0.2, 0.25) is 0 Å². The Morgan fingerprint density at radius 2 is 2.12 bits per heavy atom. The molecule has 24 heavy (non-hydrogen) atoms. The average Bonchev–Trinajstić information content (AvgIpc) is 3.08. The summed E-state index contributed by atoms with van der Waals surface area (Å²) >= 11 is 0. The van der Waals surface area contributed by atoms with E-state index in [9.17, 15) is 4.79 Å². The highest BCUT2D eigenvalue weighted by atomic mass is 16.5. The first kappa shape index (κ1) is 17.9. The molecule has 0 bridgehead atoms. The van der Waals surface area contributed by atoms with Crippen LogP contribution in [-0.4, -0.2) is 26.2 Å². The summed E-state index contributed by atoms with van der Waals surface area (Å²) in [6.07, 6.45) is 3.09. The van der Waals surface area contributed by atoms with E-state index in [2.05, 4.69) is 5.32 Å². The van der Waals surface area contributed by atoms with Gasteiger partial charge in [-0.3, -0.25) is 4.79 Å². The number of ether oxygens (including phenoxy) is 2. The van der Waals surface area contributed by atoms with Crippen LogP contribution in [0.3, 0.4) is 0 Å². The van der Waals surface area contributed by atoms with Gasteiger partial charge >= 0.3 is 0 Å². The van der Waals surface area contributed by atoms with E-state index in [0.29, 0.717) is 24.5 Å². The van der Waals surface area contributed by atoms with E-state index in [0.717, 1.165) is 29.9 Å². The minimum Gasteiger partial charge on any atom is -0.493 e. The number of carbonyl (C=O) groups is 1. The highest BCUT2D eigenvalue weighted by molar-refractivity contribution is 5.93. The Balaban J connectivity index is 1.81. The molecule has 1 aromatic carbocycles. The van der Waals surface area contributed by atoms with Crippen LogP contribution < -0.4 is 20.5 Å². The lowest BCUT2D eigenvalue weighted by molar-refractivity contribution is 0.0952. The van der Waals surface area contributed by atoms with Gasteiger partial charge in [0, 0.05) is 6.54 Å². The largest absolute Gasteiger partial charge is 0.493 e. The molecule has 3 N–H and O–H groups in total. The average molecular weight is 332 g/mol. The minimum absolute atomic E-state index is 0.150. The fourth-order valence-electron chi connectivity index (χ4n) is 2.35. The van der Waals surface area contributed by atoms with E-state index in [1.807, 2.05) is 25.1 Å². The Kier molecular flexibility index (Phi) is 6.69. The quantitative estimate of drug-likeness (QED) is 0.689. The van der Waals surface area contributed by atoms with E-state index in [4.69, 9.17) is 19.6 Å². The molecule has 6 heteroatoms. The number of rotatable bonds is 9. The second-order valence-electron chi connectivity index (χ2n) is 5.28. The zero-order valence-corrected chi connectivity index (χ0v) is 14.1. The summed E-state index contributed by atoms with van der Waals surface area (Å²) in [6, 6.07) is 7.55. The van der Waals surface area contributed by atoms with Crippen LogP contribution in [0, 0.1) is 0 Å². The van der Waals surface area contributed by atoms with Crippen LogP contribution >= 0.6 is 0 Å². The van der Waals surface area contributed by atoms with Gasteiger partial charge in [-0.25, -0.2) is 0 Å². The Morgan fingerprint density at radius 1 is 1.29 bits per heavy atom. The third kappa shape index (κ3) is 4.76. The third-order valence-corrected chi connectivity index (χ3v) is 3.57. The fourth-order valence-corrected chi connectivity index (χ4v) is 2.35. The molecule has 6 nitrogen and oxygen atoms in total. The summed E-state index contributed by atoms with van der Waals surface area (Å²) in [5.41, 5.74) is 7.10. The highest BCUT2D eigenvalue weighted by Crippen LogP contribution is 2.28. The third-order valence-electron chi connectivity index (χ3n) is 3.57. The molecular formula is C18H24N2O4. The van der Waals surface area contributed by atoms with E-state index in [-0.39, 0.29) is 12.5 Å². The van der Waals surface area contributed by atoms with E-state index < -0.39 is 0 Å². The van der Waals surface area contributed by atoms with Crippen molar-refractivity contribution in [1.82, 2.24) is 5.32 Å². The number of hydrogen-bond acceptors (Lipinski definition) is 5. The molecule has 0 aliphatic rings. The van der Waals surface area contributed by atoms with Gasteiger partial charge in [0.15, 0.2) is 11.5 Å². The molecular weight excluding hydrogens is 308 g/mol.